The number of anilines is 2. The second-order valence-corrected chi connectivity index (χ2v) is 7.73. The number of carbonyl (C=O) groups is 2. The van der Waals surface area contributed by atoms with Crippen molar-refractivity contribution in [3.05, 3.63) is 35.3 Å². The molecule has 0 fully saturated rings. The molecule has 2 rings (SSSR count). The Balaban J connectivity index is 2.25. The molecule has 2 aromatic rings. The van der Waals surface area contributed by atoms with Crippen molar-refractivity contribution >= 4 is 34.0 Å². The van der Waals surface area contributed by atoms with E-state index in [9.17, 15) is 22.8 Å². The van der Waals surface area contributed by atoms with Crippen LogP contribution in [0.25, 0.3) is 0 Å². The summed E-state index contributed by atoms with van der Waals surface area (Å²) in [6.45, 7) is 5.48. The Kier molecular flexibility index (Phi) is 6.09. The van der Waals surface area contributed by atoms with E-state index in [0.29, 0.717) is 5.13 Å². The predicted octanol–water partition coefficient (Wildman–Crippen LogP) is 4.67. The average molecular weight is 401 g/mol. The molecule has 0 saturated carbocycles. The molecular weight excluding hydrogens is 383 g/mol. The first kappa shape index (κ1) is 20.7. The van der Waals surface area contributed by atoms with Crippen LogP contribution in [0.4, 0.5) is 24.0 Å². The quantitative estimate of drug-likeness (QED) is 0.763. The first-order valence-electron chi connectivity index (χ1n) is 7.83. The van der Waals surface area contributed by atoms with E-state index in [1.54, 1.807) is 5.38 Å². The van der Waals surface area contributed by atoms with Gasteiger partial charge in [-0.25, -0.2) is 4.98 Å². The normalized spacial score (nSPS) is 11.8. The van der Waals surface area contributed by atoms with Gasteiger partial charge in [0.15, 0.2) is 10.9 Å². The number of hydrogen-bond donors (Lipinski definition) is 2. The molecule has 0 radical (unpaired) electrons. The Morgan fingerprint density at radius 3 is 2.44 bits per heavy atom. The van der Waals surface area contributed by atoms with Gasteiger partial charge < -0.3 is 10.1 Å². The summed E-state index contributed by atoms with van der Waals surface area (Å²) in [6.07, 6.45) is -3.40. The van der Waals surface area contributed by atoms with E-state index in [4.69, 9.17) is 0 Å². The fourth-order valence-electron chi connectivity index (χ4n) is 2.11. The van der Waals surface area contributed by atoms with E-state index < -0.39 is 23.9 Å². The Morgan fingerprint density at radius 1 is 1.19 bits per heavy atom. The van der Waals surface area contributed by atoms with Crippen LogP contribution in [0.5, 0.6) is 5.75 Å². The lowest BCUT2D eigenvalue weighted by Gasteiger charge is -2.19. The van der Waals surface area contributed by atoms with E-state index in [1.165, 1.54) is 29.7 Å². The van der Waals surface area contributed by atoms with Crippen LogP contribution in [0.3, 0.4) is 0 Å². The largest absolute Gasteiger partial charge is 0.573 e. The number of thiazole rings is 1. The van der Waals surface area contributed by atoms with Crippen molar-refractivity contribution in [1.29, 1.82) is 0 Å². The van der Waals surface area contributed by atoms with Crippen LogP contribution in [0, 0.1) is 5.41 Å². The average Bonchev–Trinajstić information content (AvgIpc) is 2.98. The number of hydrogen-bond acceptors (Lipinski definition) is 5. The molecule has 1 heterocycles. The lowest BCUT2D eigenvalue weighted by Crippen LogP contribution is -2.22. The Hall–Kier alpha value is -2.62. The highest BCUT2D eigenvalue weighted by Crippen LogP contribution is 2.32. The van der Waals surface area contributed by atoms with E-state index in [1.807, 2.05) is 20.8 Å². The zero-order valence-electron chi connectivity index (χ0n) is 14.8. The number of aromatic nitrogens is 1. The summed E-state index contributed by atoms with van der Waals surface area (Å²) in [5, 5.41) is 6.81. The van der Waals surface area contributed by atoms with Crippen LogP contribution in [0.1, 0.15) is 37.6 Å². The maximum atomic E-state index is 12.7. The topological polar surface area (TPSA) is 80.3 Å². The van der Waals surface area contributed by atoms with Crippen molar-refractivity contribution in [1.82, 2.24) is 4.98 Å². The molecule has 2 amide bonds. The minimum atomic E-state index is -4.98. The maximum Gasteiger partial charge on any atom is 0.573 e. The minimum Gasteiger partial charge on any atom is -0.404 e. The molecule has 0 aliphatic rings. The summed E-state index contributed by atoms with van der Waals surface area (Å²) in [5.74, 6) is -1.78. The molecule has 146 valence electrons. The number of alkyl halides is 3. The number of nitrogens with one attached hydrogen (secondary N) is 2. The van der Waals surface area contributed by atoms with Gasteiger partial charge in [-0.1, -0.05) is 20.8 Å². The predicted molar refractivity (Wildman–Crippen MR) is 95.9 cm³/mol. The highest BCUT2D eigenvalue weighted by atomic mass is 32.1. The van der Waals surface area contributed by atoms with E-state index >= 15 is 0 Å². The molecule has 1 aromatic carbocycles. The van der Waals surface area contributed by atoms with Gasteiger partial charge >= 0.3 is 6.36 Å². The number of carbonyl (C=O) groups excluding carboxylic acids is 2. The Morgan fingerprint density at radius 2 is 1.89 bits per heavy atom. The summed E-state index contributed by atoms with van der Waals surface area (Å²) in [7, 11) is 0. The van der Waals surface area contributed by atoms with Crippen molar-refractivity contribution in [3.8, 4) is 5.75 Å². The smallest absolute Gasteiger partial charge is 0.404 e. The number of halogens is 3. The van der Waals surface area contributed by atoms with Gasteiger partial charge in [0.2, 0.25) is 5.91 Å². The highest BCUT2D eigenvalue weighted by Gasteiger charge is 2.33. The standard InChI is InChI=1S/C17H18F3N3O3S/c1-16(2,3)9-13(24)22-11-5-4-10(8-12(11)26-17(18,19)20)14(25)23-15-21-6-7-27-15/h4-8H,9H2,1-3H3,(H,22,24)(H,21,23,25). The summed E-state index contributed by atoms with van der Waals surface area (Å²) in [6, 6.07) is 3.40. The van der Waals surface area contributed by atoms with E-state index in [0.717, 1.165) is 6.07 Å². The first-order valence-corrected chi connectivity index (χ1v) is 8.71. The monoisotopic (exact) mass is 401 g/mol. The molecule has 27 heavy (non-hydrogen) atoms. The van der Waals surface area contributed by atoms with Crippen molar-refractivity contribution < 1.29 is 27.5 Å². The van der Waals surface area contributed by atoms with Crippen LogP contribution in [-0.4, -0.2) is 23.2 Å². The Labute approximate surface area is 157 Å². The number of benzene rings is 1. The van der Waals surface area contributed by atoms with Crippen LogP contribution in [-0.2, 0) is 4.79 Å². The number of rotatable bonds is 5. The van der Waals surface area contributed by atoms with E-state index in [-0.39, 0.29) is 23.1 Å². The summed E-state index contributed by atoms with van der Waals surface area (Å²) in [5.41, 5.74) is -0.589. The fourth-order valence-corrected chi connectivity index (χ4v) is 2.63. The number of nitrogens with zero attached hydrogens (tertiary/aromatic N) is 1. The summed E-state index contributed by atoms with van der Waals surface area (Å²) >= 11 is 1.17. The molecule has 0 saturated heterocycles. The van der Waals surface area contributed by atoms with Crippen molar-refractivity contribution in [2.75, 3.05) is 10.6 Å². The second kappa shape index (κ2) is 7.95. The number of amides is 2. The van der Waals surface area contributed by atoms with Gasteiger partial charge in [-0.2, -0.15) is 0 Å². The zero-order valence-corrected chi connectivity index (χ0v) is 15.6. The van der Waals surface area contributed by atoms with Gasteiger partial charge in [-0.3, -0.25) is 14.9 Å². The third kappa shape index (κ3) is 6.89. The third-order valence-corrected chi connectivity index (χ3v) is 3.78. The lowest BCUT2D eigenvalue weighted by atomic mass is 9.92. The van der Waals surface area contributed by atoms with Crippen LogP contribution in [0.2, 0.25) is 0 Å². The fraction of sp³-hybridized carbons (Fsp3) is 0.353. The molecule has 1 aromatic heterocycles. The molecule has 10 heteroatoms. The summed E-state index contributed by atoms with van der Waals surface area (Å²) in [4.78, 5) is 28.1. The number of ether oxygens (including phenoxy) is 1. The molecular formula is C17H18F3N3O3S. The molecule has 2 N–H and O–H groups in total. The van der Waals surface area contributed by atoms with Gasteiger partial charge in [0.25, 0.3) is 5.91 Å². The molecule has 0 bridgehead atoms. The molecule has 6 nitrogen and oxygen atoms in total. The van der Waals surface area contributed by atoms with Crippen LogP contribution in [0.15, 0.2) is 29.8 Å². The second-order valence-electron chi connectivity index (χ2n) is 6.84. The first-order chi connectivity index (χ1) is 12.4. The van der Waals surface area contributed by atoms with Crippen LogP contribution >= 0.6 is 11.3 Å². The third-order valence-electron chi connectivity index (χ3n) is 3.09. The lowest BCUT2D eigenvalue weighted by molar-refractivity contribution is -0.274. The van der Waals surface area contributed by atoms with Crippen molar-refractivity contribution in [2.24, 2.45) is 5.41 Å². The molecule has 0 unspecified atom stereocenters. The minimum absolute atomic E-state index is 0.0710. The molecule has 0 spiro atoms. The molecule has 0 aliphatic heterocycles. The van der Waals surface area contributed by atoms with Crippen molar-refractivity contribution in [2.45, 2.75) is 33.6 Å². The van der Waals surface area contributed by atoms with Gasteiger partial charge in [-0.05, 0) is 23.6 Å². The van der Waals surface area contributed by atoms with Gasteiger partial charge in [0.05, 0.1) is 5.69 Å². The zero-order chi connectivity index (χ0) is 20.2. The van der Waals surface area contributed by atoms with Crippen molar-refractivity contribution in [3.63, 3.8) is 0 Å². The summed E-state index contributed by atoms with van der Waals surface area (Å²) < 4.78 is 42.2. The van der Waals surface area contributed by atoms with E-state index in [2.05, 4.69) is 20.4 Å². The molecule has 0 atom stereocenters. The SMILES string of the molecule is CC(C)(C)CC(=O)Nc1ccc(C(=O)Nc2nccs2)cc1OC(F)(F)F. The maximum absolute atomic E-state index is 12.7. The van der Waals surface area contributed by atoms with Crippen LogP contribution < -0.4 is 15.4 Å². The highest BCUT2D eigenvalue weighted by molar-refractivity contribution is 7.13. The molecule has 0 aliphatic carbocycles. The Bertz CT molecular complexity index is 815. The van der Waals surface area contributed by atoms with Gasteiger partial charge in [0.1, 0.15) is 0 Å². The van der Waals surface area contributed by atoms with Gasteiger partial charge in [-0.15, -0.1) is 24.5 Å². The van der Waals surface area contributed by atoms with Gasteiger partial charge in [0, 0.05) is 23.6 Å².